The number of benzene rings is 1. The number of carbonyl (C=O) groups excluding carboxylic acids is 1. The summed E-state index contributed by atoms with van der Waals surface area (Å²) in [6.07, 6.45) is 7.34. The molecule has 2 aliphatic carbocycles. The molecule has 2 aliphatic rings. The van der Waals surface area contributed by atoms with Crippen LogP contribution < -0.4 is 10.2 Å². The van der Waals surface area contributed by atoms with Crippen LogP contribution in [0.15, 0.2) is 36.7 Å². The topological polar surface area (TPSA) is 58.1 Å². The molecule has 0 aliphatic heterocycles. The van der Waals surface area contributed by atoms with E-state index in [1.54, 1.807) is 17.7 Å². The van der Waals surface area contributed by atoms with E-state index in [4.69, 9.17) is 0 Å². The van der Waals surface area contributed by atoms with Gasteiger partial charge in [0.25, 0.3) is 5.91 Å². The zero-order valence-electron chi connectivity index (χ0n) is 16.0. The van der Waals surface area contributed by atoms with E-state index >= 15 is 0 Å². The number of nitrogens with zero attached hydrogens (tertiary/aromatic N) is 3. The quantitative estimate of drug-likeness (QED) is 0.651. The summed E-state index contributed by atoms with van der Waals surface area (Å²) in [5.74, 6) is 1.08. The van der Waals surface area contributed by atoms with E-state index in [1.807, 2.05) is 12.1 Å². The number of carbonyl (C=O) groups is 1. The van der Waals surface area contributed by atoms with Crippen LogP contribution in [0.5, 0.6) is 0 Å². The molecule has 0 spiro atoms. The lowest BCUT2D eigenvalue weighted by Crippen LogP contribution is -2.27. The number of fused-ring (bicyclic) bond motifs is 1. The Labute approximate surface area is 168 Å². The van der Waals surface area contributed by atoms with Crippen LogP contribution in [0.25, 0.3) is 10.2 Å². The predicted octanol–water partition coefficient (Wildman–Crippen LogP) is 4.31. The molecule has 0 saturated heterocycles. The number of aryl methyl sites for hydroxylation is 1. The second kappa shape index (κ2) is 7.17. The van der Waals surface area contributed by atoms with Gasteiger partial charge in [0.15, 0.2) is 0 Å². The first kappa shape index (κ1) is 17.6. The van der Waals surface area contributed by atoms with E-state index in [0.717, 1.165) is 47.4 Å². The van der Waals surface area contributed by atoms with Crippen LogP contribution >= 0.6 is 11.3 Å². The molecule has 0 atom stereocenters. The minimum absolute atomic E-state index is 0.0379. The first-order chi connectivity index (χ1) is 13.7. The van der Waals surface area contributed by atoms with Crippen LogP contribution in [0.2, 0.25) is 0 Å². The number of anilines is 1. The predicted molar refractivity (Wildman–Crippen MR) is 113 cm³/mol. The molecule has 2 aromatic heterocycles. The summed E-state index contributed by atoms with van der Waals surface area (Å²) in [6.45, 7) is 2.98. The fraction of sp³-hybridized carbons (Fsp3) is 0.409. The number of hydrogen-bond acceptors (Lipinski definition) is 5. The maximum absolute atomic E-state index is 12.2. The fourth-order valence-corrected chi connectivity index (χ4v) is 4.44. The van der Waals surface area contributed by atoms with E-state index in [2.05, 4.69) is 45.3 Å². The Morgan fingerprint density at radius 2 is 1.96 bits per heavy atom. The largest absolute Gasteiger partial charge is 0.349 e. The standard InChI is InChI=1S/C22H24N4OS/c1-2-18-11-19-20(23-13-24-22(19)28-18)26(17-9-10-17)12-14-3-5-15(6-4-14)21(27)25-16-7-8-16/h3-6,11,13,16-17H,2,7-10,12H2,1H3,(H,25,27). The van der Waals surface area contributed by atoms with Crippen molar-refractivity contribution in [1.29, 1.82) is 0 Å². The monoisotopic (exact) mass is 392 g/mol. The van der Waals surface area contributed by atoms with Gasteiger partial charge in [-0.05, 0) is 55.9 Å². The van der Waals surface area contributed by atoms with Crippen molar-refractivity contribution in [2.75, 3.05) is 4.90 Å². The Bertz CT molecular complexity index is 1010. The Hall–Kier alpha value is -2.47. The number of nitrogens with one attached hydrogen (secondary N) is 1. The van der Waals surface area contributed by atoms with Gasteiger partial charge in [-0.25, -0.2) is 9.97 Å². The van der Waals surface area contributed by atoms with Gasteiger partial charge in [0, 0.05) is 29.1 Å². The van der Waals surface area contributed by atoms with Gasteiger partial charge in [0.05, 0.1) is 5.39 Å². The molecule has 28 heavy (non-hydrogen) atoms. The van der Waals surface area contributed by atoms with Crippen LogP contribution in [0.1, 0.15) is 53.4 Å². The number of hydrogen-bond donors (Lipinski definition) is 1. The Balaban J connectivity index is 1.39. The molecule has 6 heteroatoms. The SMILES string of the molecule is CCc1cc2c(N(Cc3ccc(C(=O)NC4CC4)cc3)C3CC3)ncnc2s1. The van der Waals surface area contributed by atoms with Gasteiger partial charge < -0.3 is 10.2 Å². The zero-order chi connectivity index (χ0) is 19.1. The van der Waals surface area contributed by atoms with Crippen molar-refractivity contribution in [3.05, 3.63) is 52.7 Å². The van der Waals surface area contributed by atoms with Crippen molar-refractivity contribution in [1.82, 2.24) is 15.3 Å². The lowest BCUT2D eigenvalue weighted by atomic mass is 10.1. The molecule has 1 N–H and O–H groups in total. The van der Waals surface area contributed by atoms with Crippen molar-refractivity contribution < 1.29 is 4.79 Å². The highest BCUT2D eigenvalue weighted by atomic mass is 32.1. The second-order valence-corrected chi connectivity index (χ2v) is 8.90. The summed E-state index contributed by atoms with van der Waals surface area (Å²) in [7, 11) is 0. The molecule has 2 heterocycles. The van der Waals surface area contributed by atoms with Crippen molar-refractivity contribution in [2.24, 2.45) is 0 Å². The molecule has 5 nitrogen and oxygen atoms in total. The van der Waals surface area contributed by atoms with Crippen LogP contribution in [0, 0.1) is 0 Å². The highest BCUT2D eigenvalue weighted by Gasteiger charge is 2.31. The lowest BCUT2D eigenvalue weighted by molar-refractivity contribution is 0.0951. The first-order valence-electron chi connectivity index (χ1n) is 10.1. The molecule has 1 aromatic carbocycles. The van der Waals surface area contributed by atoms with Crippen molar-refractivity contribution in [3.8, 4) is 0 Å². The van der Waals surface area contributed by atoms with E-state index in [9.17, 15) is 4.79 Å². The number of aromatic nitrogens is 2. The summed E-state index contributed by atoms with van der Waals surface area (Å²) in [5, 5.41) is 4.21. The molecule has 3 aromatic rings. The maximum Gasteiger partial charge on any atom is 0.251 e. The summed E-state index contributed by atoms with van der Waals surface area (Å²) >= 11 is 1.76. The van der Waals surface area contributed by atoms with E-state index < -0.39 is 0 Å². The van der Waals surface area contributed by atoms with Gasteiger partial charge in [-0.3, -0.25) is 4.79 Å². The minimum atomic E-state index is 0.0379. The van der Waals surface area contributed by atoms with Gasteiger partial charge in [-0.1, -0.05) is 19.1 Å². The smallest absolute Gasteiger partial charge is 0.251 e. The molecular weight excluding hydrogens is 368 g/mol. The molecule has 144 valence electrons. The Morgan fingerprint density at radius 3 is 2.64 bits per heavy atom. The number of rotatable bonds is 7. The minimum Gasteiger partial charge on any atom is -0.349 e. The van der Waals surface area contributed by atoms with Crippen LogP contribution in [0.4, 0.5) is 5.82 Å². The van der Waals surface area contributed by atoms with Crippen molar-refractivity contribution >= 4 is 33.3 Å². The fourth-order valence-electron chi connectivity index (χ4n) is 3.51. The average molecular weight is 393 g/mol. The Morgan fingerprint density at radius 1 is 1.18 bits per heavy atom. The van der Waals surface area contributed by atoms with Gasteiger partial charge in [-0.2, -0.15) is 0 Å². The van der Waals surface area contributed by atoms with Crippen LogP contribution in [-0.2, 0) is 13.0 Å². The molecule has 5 rings (SSSR count). The first-order valence-corrected chi connectivity index (χ1v) is 10.9. The van der Waals surface area contributed by atoms with Crippen LogP contribution in [-0.4, -0.2) is 28.0 Å². The molecule has 0 radical (unpaired) electrons. The van der Waals surface area contributed by atoms with E-state index in [-0.39, 0.29) is 5.91 Å². The molecular formula is C22H24N4OS. The van der Waals surface area contributed by atoms with Crippen molar-refractivity contribution in [3.63, 3.8) is 0 Å². The van der Waals surface area contributed by atoms with Crippen LogP contribution in [0.3, 0.4) is 0 Å². The third kappa shape index (κ3) is 3.61. The molecule has 0 unspecified atom stereocenters. The van der Waals surface area contributed by atoms with E-state index in [0.29, 0.717) is 12.1 Å². The average Bonchev–Trinajstić information content (AvgIpc) is 3.65. The van der Waals surface area contributed by atoms with Gasteiger partial charge in [0.1, 0.15) is 17.0 Å². The normalized spacial score (nSPS) is 16.3. The summed E-state index contributed by atoms with van der Waals surface area (Å²) < 4.78 is 0. The molecule has 2 saturated carbocycles. The third-order valence-electron chi connectivity index (χ3n) is 5.45. The van der Waals surface area contributed by atoms with Gasteiger partial charge in [0.2, 0.25) is 0 Å². The number of thiophene rings is 1. The lowest BCUT2D eigenvalue weighted by Gasteiger charge is -2.24. The summed E-state index contributed by atoms with van der Waals surface area (Å²) in [5.41, 5.74) is 1.94. The number of amides is 1. The molecule has 2 fully saturated rings. The molecule has 0 bridgehead atoms. The molecule has 1 amide bonds. The maximum atomic E-state index is 12.2. The van der Waals surface area contributed by atoms with Crippen molar-refractivity contribution in [2.45, 2.75) is 57.7 Å². The Kier molecular flexibility index (Phi) is 4.51. The van der Waals surface area contributed by atoms with Gasteiger partial charge in [-0.15, -0.1) is 11.3 Å². The third-order valence-corrected chi connectivity index (χ3v) is 6.64. The summed E-state index contributed by atoms with van der Waals surface area (Å²) in [6, 6.07) is 11.2. The van der Waals surface area contributed by atoms with E-state index in [1.165, 1.54) is 23.3 Å². The zero-order valence-corrected chi connectivity index (χ0v) is 16.8. The van der Waals surface area contributed by atoms with Gasteiger partial charge >= 0.3 is 0 Å². The highest BCUT2D eigenvalue weighted by molar-refractivity contribution is 7.18. The second-order valence-electron chi connectivity index (χ2n) is 7.79. The highest BCUT2D eigenvalue weighted by Crippen LogP contribution is 2.37. The summed E-state index contributed by atoms with van der Waals surface area (Å²) in [4.78, 5) is 26.2.